The van der Waals surface area contributed by atoms with E-state index in [1.807, 2.05) is 6.26 Å². The van der Waals surface area contributed by atoms with Gasteiger partial charge in [0.05, 0.1) is 17.7 Å². The maximum atomic E-state index is 12.6. The van der Waals surface area contributed by atoms with E-state index in [2.05, 4.69) is 0 Å². The second-order valence-corrected chi connectivity index (χ2v) is 6.69. The number of ether oxygens (including phenoxy) is 2. The molecule has 132 valence electrons. The van der Waals surface area contributed by atoms with Crippen LogP contribution in [0.2, 0.25) is 0 Å². The molecule has 2 heterocycles. The molecule has 25 heavy (non-hydrogen) atoms. The number of fused-ring (bicyclic) bond motifs is 1. The summed E-state index contributed by atoms with van der Waals surface area (Å²) in [5.41, 5.74) is 0.546. The Morgan fingerprint density at radius 3 is 2.44 bits per heavy atom. The zero-order valence-electron chi connectivity index (χ0n) is 13.6. The van der Waals surface area contributed by atoms with Crippen LogP contribution >= 0.6 is 11.8 Å². The zero-order chi connectivity index (χ0) is 18.0. The maximum absolute atomic E-state index is 12.6. The molecule has 0 aromatic heterocycles. The highest BCUT2D eigenvalue weighted by atomic mass is 32.2. The minimum absolute atomic E-state index is 0.194. The fourth-order valence-electron chi connectivity index (χ4n) is 2.88. The van der Waals surface area contributed by atoms with E-state index in [1.165, 1.54) is 11.8 Å². The maximum Gasteiger partial charge on any atom is 0.347 e. The number of carbonyl (C=O) groups is 4. The summed E-state index contributed by atoms with van der Waals surface area (Å²) in [6.07, 6.45) is 1.42. The van der Waals surface area contributed by atoms with Gasteiger partial charge in [-0.1, -0.05) is 12.1 Å². The van der Waals surface area contributed by atoms with Gasteiger partial charge in [0.15, 0.2) is 0 Å². The Morgan fingerprint density at radius 1 is 1.28 bits per heavy atom. The van der Waals surface area contributed by atoms with Crippen molar-refractivity contribution >= 4 is 35.5 Å². The van der Waals surface area contributed by atoms with Gasteiger partial charge in [-0.05, 0) is 30.6 Å². The van der Waals surface area contributed by atoms with Crippen molar-refractivity contribution in [2.75, 3.05) is 18.6 Å². The van der Waals surface area contributed by atoms with E-state index < -0.39 is 35.9 Å². The lowest BCUT2D eigenvalue weighted by atomic mass is 10.1. The first-order valence-corrected chi connectivity index (χ1v) is 9.27. The fraction of sp³-hybridized carbons (Fsp3) is 0.412. The van der Waals surface area contributed by atoms with E-state index in [0.29, 0.717) is 5.75 Å². The van der Waals surface area contributed by atoms with Crippen LogP contribution in [-0.2, 0) is 19.1 Å². The molecule has 0 N–H and O–H groups in total. The van der Waals surface area contributed by atoms with Crippen molar-refractivity contribution in [3.8, 4) is 0 Å². The van der Waals surface area contributed by atoms with Crippen LogP contribution < -0.4 is 0 Å². The summed E-state index contributed by atoms with van der Waals surface area (Å²) >= 11 is 1.49. The van der Waals surface area contributed by atoms with Gasteiger partial charge < -0.3 is 9.47 Å². The Kier molecular flexibility index (Phi) is 5.08. The number of rotatable bonds is 6. The standard InChI is InChI=1S/C17H17NO6S/c1-25-9-7-12(16(21)24-13-6-8-23-17(13)22)18-14(19)10-4-2-3-5-11(10)15(18)20/h2-5,12-13H,6-9H2,1H3/t12-,13+/m1/s1. The van der Waals surface area contributed by atoms with Crippen molar-refractivity contribution in [2.45, 2.75) is 25.0 Å². The van der Waals surface area contributed by atoms with Crippen LogP contribution in [0, 0.1) is 0 Å². The quantitative estimate of drug-likeness (QED) is 0.555. The molecule has 7 nitrogen and oxygen atoms in total. The molecule has 0 bridgehead atoms. The molecule has 0 saturated carbocycles. The number of esters is 2. The predicted molar refractivity (Wildman–Crippen MR) is 89.2 cm³/mol. The number of hydrogen-bond acceptors (Lipinski definition) is 7. The van der Waals surface area contributed by atoms with E-state index >= 15 is 0 Å². The summed E-state index contributed by atoms with van der Waals surface area (Å²) in [5.74, 6) is -1.83. The van der Waals surface area contributed by atoms with Gasteiger partial charge in [-0.15, -0.1) is 0 Å². The first-order valence-electron chi connectivity index (χ1n) is 7.87. The topological polar surface area (TPSA) is 90.0 Å². The summed E-state index contributed by atoms with van der Waals surface area (Å²) in [7, 11) is 0. The van der Waals surface area contributed by atoms with Crippen LogP contribution in [0.5, 0.6) is 0 Å². The molecule has 8 heteroatoms. The summed E-state index contributed by atoms with van der Waals surface area (Å²) in [5, 5.41) is 0. The lowest BCUT2D eigenvalue weighted by molar-refractivity contribution is -0.163. The molecule has 1 saturated heterocycles. The number of cyclic esters (lactones) is 1. The molecule has 1 aromatic carbocycles. The van der Waals surface area contributed by atoms with Gasteiger partial charge in [0, 0.05) is 6.42 Å². The summed E-state index contributed by atoms with van der Waals surface area (Å²) in [4.78, 5) is 50.3. The first-order chi connectivity index (χ1) is 12.0. The largest absolute Gasteiger partial charge is 0.463 e. The number of hydrogen-bond donors (Lipinski definition) is 0. The number of imide groups is 1. The van der Waals surface area contributed by atoms with Crippen LogP contribution in [0.15, 0.2) is 24.3 Å². The van der Waals surface area contributed by atoms with E-state index in [1.54, 1.807) is 24.3 Å². The van der Waals surface area contributed by atoms with Crippen molar-refractivity contribution in [1.82, 2.24) is 4.90 Å². The number of amides is 2. The molecule has 0 aliphatic carbocycles. The van der Waals surface area contributed by atoms with Gasteiger partial charge in [0.2, 0.25) is 6.10 Å². The smallest absolute Gasteiger partial charge is 0.347 e. The van der Waals surface area contributed by atoms with Gasteiger partial charge in [-0.3, -0.25) is 14.5 Å². The fourth-order valence-corrected chi connectivity index (χ4v) is 3.33. The van der Waals surface area contributed by atoms with Gasteiger partial charge in [-0.25, -0.2) is 9.59 Å². The number of nitrogens with zero attached hydrogens (tertiary/aromatic N) is 1. The molecule has 1 aromatic rings. The SMILES string of the molecule is CSCC[C@H](C(=O)O[C@H]1CCOC1=O)N1C(=O)c2ccccc2C1=O. The van der Waals surface area contributed by atoms with E-state index in [9.17, 15) is 19.2 Å². The van der Waals surface area contributed by atoms with E-state index in [4.69, 9.17) is 9.47 Å². The minimum atomic E-state index is -1.06. The highest BCUT2D eigenvalue weighted by Gasteiger charge is 2.44. The summed E-state index contributed by atoms with van der Waals surface area (Å²) in [6, 6.07) is 5.38. The number of carbonyl (C=O) groups excluding carboxylic acids is 4. The molecule has 3 rings (SSSR count). The molecule has 2 aliphatic heterocycles. The highest BCUT2D eigenvalue weighted by molar-refractivity contribution is 7.98. The third kappa shape index (κ3) is 3.26. The Bertz CT molecular complexity index is 699. The van der Waals surface area contributed by atoms with Crippen LogP contribution in [-0.4, -0.2) is 59.4 Å². The van der Waals surface area contributed by atoms with Gasteiger partial charge >= 0.3 is 11.9 Å². The van der Waals surface area contributed by atoms with Gasteiger partial charge in [0.25, 0.3) is 11.8 Å². The molecule has 1 fully saturated rings. The third-order valence-corrected chi connectivity index (χ3v) is 4.79. The number of thioether (sulfide) groups is 1. The molecule has 0 unspecified atom stereocenters. The summed E-state index contributed by atoms with van der Waals surface area (Å²) in [6.45, 7) is 0.194. The van der Waals surface area contributed by atoms with Crippen LogP contribution in [0.25, 0.3) is 0 Å². The molecular formula is C17H17NO6S. The van der Waals surface area contributed by atoms with Crippen molar-refractivity contribution in [3.63, 3.8) is 0 Å². The Balaban J connectivity index is 1.83. The number of benzene rings is 1. The van der Waals surface area contributed by atoms with Crippen molar-refractivity contribution < 1.29 is 28.7 Å². The Labute approximate surface area is 148 Å². The molecule has 0 spiro atoms. The molecule has 2 atom stereocenters. The predicted octanol–water partition coefficient (Wildman–Crippen LogP) is 1.26. The highest BCUT2D eigenvalue weighted by Crippen LogP contribution is 2.27. The van der Waals surface area contributed by atoms with Crippen LogP contribution in [0.4, 0.5) is 0 Å². The lowest BCUT2D eigenvalue weighted by Gasteiger charge is -2.25. The van der Waals surface area contributed by atoms with Gasteiger partial charge in [0.1, 0.15) is 6.04 Å². The molecule has 0 radical (unpaired) electrons. The van der Waals surface area contributed by atoms with E-state index in [0.717, 1.165) is 4.90 Å². The Morgan fingerprint density at radius 2 is 1.92 bits per heavy atom. The molecular weight excluding hydrogens is 346 g/mol. The first kappa shape index (κ1) is 17.5. The Hall–Kier alpha value is -2.35. The minimum Gasteiger partial charge on any atom is -0.463 e. The monoisotopic (exact) mass is 363 g/mol. The van der Waals surface area contributed by atoms with Gasteiger partial charge in [-0.2, -0.15) is 11.8 Å². The van der Waals surface area contributed by atoms with Crippen LogP contribution in [0.1, 0.15) is 33.6 Å². The average molecular weight is 363 g/mol. The lowest BCUT2D eigenvalue weighted by Crippen LogP contribution is -2.47. The zero-order valence-corrected chi connectivity index (χ0v) is 14.4. The van der Waals surface area contributed by atoms with Crippen molar-refractivity contribution in [1.29, 1.82) is 0 Å². The molecule has 2 aliphatic rings. The molecule has 2 amide bonds. The summed E-state index contributed by atoms with van der Waals surface area (Å²) < 4.78 is 10.00. The normalized spacial score (nSPS) is 20.4. The van der Waals surface area contributed by atoms with Crippen molar-refractivity contribution in [3.05, 3.63) is 35.4 Å². The average Bonchev–Trinajstić information content (AvgIpc) is 3.12. The third-order valence-electron chi connectivity index (χ3n) is 4.15. The second kappa shape index (κ2) is 7.26. The van der Waals surface area contributed by atoms with E-state index in [-0.39, 0.29) is 30.6 Å². The van der Waals surface area contributed by atoms with Crippen molar-refractivity contribution in [2.24, 2.45) is 0 Å². The second-order valence-electron chi connectivity index (χ2n) is 5.70. The van der Waals surface area contributed by atoms with Crippen LogP contribution in [0.3, 0.4) is 0 Å².